The summed E-state index contributed by atoms with van der Waals surface area (Å²) in [5.74, 6) is 1.42. The third kappa shape index (κ3) is 3.71. The lowest BCUT2D eigenvalue weighted by molar-refractivity contribution is 0.879. The Bertz CT molecular complexity index is 2270. The molecule has 0 atom stereocenters. The molecule has 0 bridgehead atoms. The first-order chi connectivity index (χ1) is 21.8. The van der Waals surface area contributed by atoms with E-state index in [1.807, 2.05) is 81.9 Å². The van der Waals surface area contributed by atoms with Gasteiger partial charge in [-0.25, -0.2) is 19.5 Å². The van der Waals surface area contributed by atoms with Crippen molar-refractivity contribution in [2.24, 2.45) is 0 Å². The van der Waals surface area contributed by atoms with Crippen molar-refractivity contribution in [1.82, 2.24) is 39.0 Å². The van der Waals surface area contributed by atoms with Crippen LogP contribution in [-0.4, -0.2) is 39.0 Å². The van der Waals surface area contributed by atoms with E-state index >= 15 is 0 Å². The van der Waals surface area contributed by atoms with Crippen molar-refractivity contribution in [3.05, 3.63) is 134 Å². The molecule has 0 spiro atoms. The second kappa shape index (κ2) is 9.64. The molecular weight excluding hydrogens is 544 g/mol. The van der Waals surface area contributed by atoms with Crippen LogP contribution < -0.4 is 0 Å². The number of fused-ring (bicyclic) bond motifs is 6. The van der Waals surface area contributed by atoms with Crippen LogP contribution in [0.4, 0.5) is 0 Å². The topological polar surface area (TPSA) is 87.2 Å². The van der Waals surface area contributed by atoms with Crippen molar-refractivity contribution in [2.45, 2.75) is 0 Å². The van der Waals surface area contributed by atoms with Crippen LogP contribution in [0, 0.1) is 0 Å². The maximum absolute atomic E-state index is 5.11. The largest absolute Gasteiger partial charge is 0.262 e. The molecule has 0 saturated heterocycles. The second-order valence-corrected chi connectivity index (χ2v) is 10.5. The normalized spacial score (nSPS) is 11.6. The van der Waals surface area contributed by atoms with E-state index in [-0.39, 0.29) is 0 Å². The average Bonchev–Trinajstić information content (AvgIpc) is 3.62. The Morgan fingerprint density at radius 1 is 0.386 bits per heavy atom. The number of hydrogen-bond donors (Lipinski definition) is 0. The molecule has 0 aliphatic rings. The van der Waals surface area contributed by atoms with Gasteiger partial charge < -0.3 is 0 Å². The number of aromatic nitrogens is 8. The van der Waals surface area contributed by atoms with E-state index in [9.17, 15) is 0 Å². The van der Waals surface area contributed by atoms with Gasteiger partial charge in [-0.05, 0) is 59.7 Å². The van der Waals surface area contributed by atoms with Crippen LogP contribution in [0.3, 0.4) is 0 Å². The molecule has 9 rings (SSSR count). The van der Waals surface area contributed by atoms with Gasteiger partial charge in [0.2, 0.25) is 11.9 Å². The fourth-order valence-corrected chi connectivity index (χ4v) is 6.01. The highest BCUT2D eigenvalue weighted by molar-refractivity contribution is 6.08. The van der Waals surface area contributed by atoms with Crippen LogP contribution in [0.5, 0.6) is 0 Å². The monoisotopic (exact) mass is 566 g/mol. The molecule has 3 aromatic carbocycles. The Morgan fingerprint density at radius 2 is 0.909 bits per heavy atom. The number of rotatable bonds is 4. The minimum absolute atomic E-state index is 0.425. The summed E-state index contributed by atoms with van der Waals surface area (Å²) in [5.41, 5.74) is 6.24. The average molecular weight is 567 g/mol. The molecular formula is C36H22N8. The Hall–Kier alpha value is -6.28. The second-order valence-electron chi connectivity index (χ2n) is 10.5. The van der Waals surface area contributed by atoms with E-state index in [1.54, 1.807) is 18.6 Å². The summed E-state index contributed by atoms with van der Waals surface area (Å²) in [6.45, 7) is 0. The van der Waals surface area contributed by atoms with Gasteiger partial charge in [-0.2, -0.15) is 15.0 Å². The summed E-state index contributed by atoms with van der Waals surface area (Å²) in [6.07, 6.45) is 5.35. The highest BCUT2D eigenvalue weighted by atomic mass is 15.3. The van der Waals surface area contributed by atoms with Crippen molar-refractivity contribution in [3.8, 4) is 34.4 Å². The standard InChI is InChI=1S/C36H22N8/c1-2-10-23(11-3-1)24-12-6-13-25(22-24)31-40-35(43-30-18-5-4-14-26(30)27-15-7-19-37-32(27)43)42-36(41-31)44-33-28(16-8-20-38-33)29-17-9-21-39-34(29)44/h1-22H. The Morgan fingerprint density at radius 3 is 1.61 bits per heavy atom. The third-order valence-corrected chi connectivity index (χ3v) is 7.96. The molecule has 0 radical (unpaired) electrons. The van der Waals surface area contributed by atoms with Crippen molar-refractivity contribution in [1.29, 1.82) is 0 Å². The number of nitrogens with zero attached hydrogens (tertiary/aromatic N) is 8. The van der Waals surface area contributed by atoms with Crippen molar-refractivity contribution >= 4 is 44.0 Å². The summed E-state index contributed by atoms with van der Waals surface area (Å²) >= 11 is 0. The molecule has 6 heterocycles. The molecule has 0 N–H and O–H groups in total. The minimum atomic E-state index is 0.425. The van der Waals surface area contributed by atoms with Gasteiger partial charge in [0.1, 0.15) is 16.9 Å². The van der Waals surface area contributed by atoms with Gasteiger partial charge in [0, 0.05) is 45.7 Å². The first-order valence-corrected chi connectivity index (χ1v) is 14.3. The summed E-state index contributed by atoms with van der Waals surface area (Å²) in [4.78, 5) is 29.6. The van der Waals surface area contributed by atoms with Crippen LogP contribution in [0.1, 0.15) is 0 Å². The van der Waals surface area contributed by atoms with Gasteiger partial charge >= 0.3 is 0 Å². The van der Waals surface area contributed by atoms with Gasteiger partial charge in [0.25, 0.3) is 0 Å². The SMILES string of the molecule is c1ccc(-c2cccc(-c3nc(-n4c5ccccc5c5cccnc54)nc(-n4c5ncccc5c5cccnc54)n3)c2)cc1. The molecule has 8 nitrogen and oxygen atoms in total. The molecule has 0 fully saturated rings. The number of para-hydroxylation sites is 1. The number of benzene rings is 3. The zero-order valence-corrected chi connectivity index (χ0v) is 23.3. The van der Waals surface area contributed by atoms with E-state index in [0.29, 0.717) is 17.7 Å². The lowest BCUT2D eigenvalue weighted by Crippen LogP contribution is -2.11. The van der Waals surface area contributed by atoms with Crippen LogP contribution in [0.15, 0.2) is 134 Å². The summed E-state index contributed by atoms with van der Waals surface area (Å²) < 4.78 is 3.93. The van der Waals surface area contributed by atoms with Gasteiger partial charge in [-0.3, -0.25) is 4.57 Å². The molecule has 0 saturated carbocycles. The number of hydrogen-bond acceptors (Lipinski definition) is 6. The van der Waals surface area contributed by atoms with Crippen LogP contribution in [0.2, 0.25) is 0 Å². The van der Waals surface area contributed by atoms with Gasteiger partial charge in [-0.15, -0.1) is 0 Å². The molecule has 0 unspecified atom stereocenters. The van der Waals surface area contributed by atoms with Gasteiger partial charge in [0.15, 0.2) is 5.82 Å². The molecule has 0 amide bonds. The first kappa shape index (κ1) is 24.3. The summed E-state index contributed by atoms with van der Waals surface area (Å²) in [5, 5.41) is 4.05. The smallest absolute Gasteiger partial charge is 0.242 e. The van der Waals surface area contributed by atoms with E-state index in [2.05, 4.69) is 42.5 Å². The fraction of sp³-hybridized carbons (Fsp3) is 0. The van der Waals surface area contributed by atoms with E-state index in [4.69, 9.17) is 29.9 Å². The predicted molar refractivity (Wildman–Crippen MR) is 173 cm³/mol. The van der Waals surface area contributed by atoms with E-state index in [0.717, 1.165) is 60.7 Å². The van der Waals surface area contributed by atoms with Crippen molar-refractivity contribution in [2.75, 3.05) is 0 Å². The Labute approximate surface area is 251 Å². The van der Waals surface area contributed by atoms with E-state index in [1.165, 1.54) is 0 Å². The summed E-state index contributed by atoms with van der Waals surface area (Å²) in [7, 11) is 0. The van der Waals surface area contributed by atoms with Crippen LogP contribution in [-0.2, 0) is 0 Å². The molecule has 0 aliphatic carbocycles. The van der Waals surface area contributed by atoms with Gasteiger partial charge in [-0.1, -0.05) is 66.7 Å². The maximum Gasteiger partial charge on any atom is 0.242 e. The minimum Gasteiger partial charge on any atom is -0.262 e. The zero-order chi connectivity index (χ0) is 29.0. The molecule has 206 valence electrons. The highest BCUT2D eigenvalue weighted by Gasteiger charge is 2.21. The van der Waals surface area contributed by atoms with Crippen LogP contribution in [0.25, 0.3) is 78.4 Å². The lowest BCUT2D eigenvalue weighted by Gasteiger charge is -2.12. The number of pyridine rings is 3. The molecule has 6 aromatic heterocycles. The zero-order valence-electron chi connectivity index (χ0n) is 23.3. The molecule has 0 aliphatic heterocycles. The van der Waals surface area contributed by atoms with E-state index < -0.39 is 0 Å². The summed E-state index contributed by atoms with van der Waals surface area (Å²) in [6, 6.07) is 38.8. The first-order valence-electron chi connectivity index (χ1n) is 14.3. The highest BCUT2D eigenvalue weighted by Crippen LogP contribution is 2.33. The fourth-order valence-electron chi connectivity index (χ4n) is 6.01. The molecule has 9 aromatic rings. The third-order valence-electron chi connectivity index (χ3n) is 7.96. The predicted octanol–water partition coefficient (Wildman–Crippen LogP) is 7.58. The lowest BCUT2D eigenvalue weighted by atomic mass is 10.0. The maximum atomic E-state index is 5.11. The Kier molecular flexibility index (Phi) is 5.33. The quantitative estimate of drug-likeness (QED) is 0.218. The van der Waals surface area contributed by atoms with Crippen molar-refractivity contribution < 1.29 is 0 Å². The molecule has 8 heteroatoms. The molecule has 44 heavy (non-hydrogen) atoms. The van der Waals surface area contributed by atoms with Crippen LogP contribution >= 0.6 is 0 Å². The Balaban J connectivity index is 1.37. The van der Waals surface area contributed by atoms with Crippen molar-refractivity contribution in [3.63, 3.8) is 0 Å². The van der Waals surface area contributed by atoms with Gasteiger partial charge in [0.05, 0.1) is 5.52 Å².